The Kier molecular flexibility index (Phi) is 4.41. The fraction of sp³-hybridized carbons (Fsp3) is 0.133. The van der Waals surface area contributed by atoms with Crippen LogP contribution >= 0.6 is 11.6 Å². The Morgan fingerprint density at radius 1 is 1.33 bits per heavy atom. The van der Waals surface area contributed by atoms with E-state index in [-0.39, 0.29) is 17.3 Å². The highest BCUT2D eigenvalue weighted by Crippen LogP contribution is 2.31. The third-order valence-corrected chi connectivity index (χ3v) is 3.41. The molecule has 21 heavy (non-hydrogen) atoms. The second kappa shape index (κ2) is 6.25. The number of benzene rings is 2. The van der Waals surface area contributed by atoms with Gasteiger partial charge in [0, 0.05) is 11.1 Å². The summed E-state index contributed by atoms with van der Waals surface area (Å²) in [5.41, 5.74) is 1.31. The molecule has 106 valence electrons. The summed E-state index contributed by atoms with van der Waals surface area (Å²) in [5.74, 6) is 0. The molecule has 0 saturated heterocycles. The summed E-state index contributed by atoms with van der Waals surface area (Å²) >= 11 is 6.12. The molecule has 2 aromatic rings. The van der Waals surface area contributed by atoms with Crippen LogP contribution in [0.2, 0.25) is 5.02 Å². The van der Waals surface area contributed by atoms with Gasteiger partial charge in [0.25, 0.3) is 5.69 Å². The van der Waals surface area contributed by atoms with Crippen LogP contribution < -0.4 is 5.32 Å². The molecule has 1 unspecified atom stereocenters. The maximum absolute atomic E-state index is 11.1. The third kappa shape index (κ3) is 3.30. The molecule has 0 bridgehead atoms. The minimum atomic E-state index is -0.511. The summed E-state index contributed by atoms with van der Waals surface area (Å²) in [7, 11) is 0. The van der Waals surface area contributed by atoms with Crippen molar-refractivity contribution < 1.29 is 4.92 Å². The number of rotatable bonds is 4. The van der Waals surface area contributed by atoms with Crippen LogP contribution in [-0.2, 0) is 0 Å². The van der Waals surface area contributed by atoms with Gasteiger partial charge in [-0.25, -0.2) is 0 Å². The Hall–Kier alpha value is -2.58. The summed E-state index contributed by atoms with van der Waals surface area (Å²) in [4.78, 5) is 10.6. The molecule has 0 spiro atoms. The van der Waals surface area contributed by atoms with E-state index in [1.54, 1.807) is 6.07 Å². The smallest absolute Gasteiger partial charge is 0.293 e. The van der Waals surface area contributed by atoms with Crippen molar-refractivity contribution >= 4 is 23.0 Å². The van der Waals surface area contributed by atoms with Gasteiger partial charge in [-0.05, 0) is 30.7 Å². The van der Waals surface area contributed by atoms with Crippen LogP contribution in [0.5, 0.6) is 0 Å². The van der Waals surface area contributed by atoms with Gasteiger partial charge in [-0.2, -0.15) is 5.26 Å². The minimum absolute atomic E-state index is 0.132. The van der Waals surface area contributed by atoms with E-state index in [9.17, 15) is 10.1 Å². The molecule has 0 amide bonds. The topological polar surface area (TPSA) is 79.0 Å². The largest absolute Gasteiger partial charge is 0.373 e. The number of nitro groups is 1. The van der Waals surface area contributed by atoms with Gasteiger partial charge in [0.05, 0.1) is 22.6 Å². The maximum atomic E-state index is 11.1. The number of anilines is 1. The number of nitrogens with one attached hydrogen (secondary N) is 1. The van der Waals surface area contributed by atoms with E-state index in [0.29, 0.717) is 10.7 Å². The van der Waals surface area contributed by atoms with E-state index in [0.717, 1.165) is 5.56 Å². The van der Waals surface area contributed by atoms with Gasteiger partial charge >= 0.3 is 0 Å². The zero-order chi connectivity index (χ0) is 15.4. The highest BCUT2D eigenvalue weighted by Gasteiger charge is 2.17. The summed E-state index contributed by atoms with van der Waals surface area (Å²) in [6.07, 6.45) is 0. The van der Waals surface area contributed by atoms with E-state index in [1.165, 1.54) is 18.2 Å². The number of hydrogen-bond acceptors (Lipinski definition) is 4. The fourth-order valence-electron chi connectivity index (χ4n) is 2.01. The molecule has 0 saturated carbocycles. The second-order valence-electron chi connectivity index (χ2n) is 4.49. The van der Waals surface area contributed by atoms with Gasteiger partial charge in [0.2, 0.25) is 0 Å². The van der Waals surface area contributed by atoms with Crippen molar-refractivity contribution in [2.75, 3.05) is 5.32 Å². The first-order valence-electron chi connectivity index (χ1n) is 6.22. The first-order valence-corrected chi connectivity index (χ1v) is 6.60. The first kappa shape index (κ1) is 14.8. The maximum Gasteiger partial charge on any atom is 0.293 e. The fourth-order valence-corrected chi connectivity index (χ4v) is 2.31. The molecular weight excluding hydrogens is 290 g/mol. The molecule has 1 N–H and O–H groups in total. The van der Waals surface area contributed by atoms with E-state index < -0.39 is 4.92 Å². The van der Waals surface area contributed by atoms with Gasteiger partial charge in [-0.15, -0.1) is 0 Å². The summed E-state index contributed by atoms with van der Waals surface area (Å²) in [6.45, 7) is 1.86. The van der Waals surface area contributed by atoms with Crippen molar-refractivity contribution in [3.8, 4) is 6.07 Å². The van der Waals surface area contributed by atoms with Crippen molar-refractivity contribution in [1.29, 1.82) is 5.26 Å². The Morgan fingerprint density at radius 2 is 2.05 bits per heavy atom. The Morgan fingerprint density at radius 3 is 2.67 bits per heavy atom. The highest BCUT2D eigenvalue weighted by atomic mass is 35.5. The highest BCUT2D eigenvalue weighted by molar-refractivity contribution is 6.31. The molecular formula is C15H12ClN3O2. The monoisotopic (exact) mass is 301 g/mol. The molecule has 0 fully saturated rings. The van der Waals surface area contributed by atoms with Crippen LogP contribution in [0.15, 0.2) is 42.5 Å². The lowest BCUT2D eigenvalue weighted by Crippen LogP contribution is -2.09. The first-order chi connectivity index (χ1) is 10.0. The van der Waals surface area contributed by atoms with Gasteiger partial charge in [0.15, 0.2) is 0 Å². The predicted molar refractivity (Wildman–Crippen MR) is 81.3 cm³/mol. The summed E-state index contributed by atoms with van der Waals surface area (Å²) in [5, 5.41) is 23.6. The molecule has 2 aromatic carbocycles. The number of nitriles is 1. The number of nitro benzene ring substituents is 1. The molecule has 0 heterocycles. The van der Waals surface area contributed by atoms with E-state index >= 15 is 0 Å². The van der Waals surface area contributed by atoms with Crippen LogP contribution in [0.3, 0.4) is 0 Å². The molecule has 0 aromatic heterocycles. The van der Waals surface area contributed by atoms with Crippen LogP contribution in [0.1, 0.15) is 24.1 Å². The molecule has 0 radical (unpaired) electrons. The van der Waals surface area contributed by atoms with E-state index in [2.05, 4.69) is 5.32 Å². The second-order valence-corrected chi connectivity index (χ2v) is 4.90. The Bertz CT molecular complexity index is 725. The molecule has 5 nitrogen and oxygen atoms in total. The Labute approximate surface area is 126 Å². The van der Waals surface area contributed by atoms with Gasteiger partial charge in [-0.1, -0.05) is 29.8 Å². The third-order valence-electron chi connectivity index (χ3n) is 3.07. The molecule has 0 aliphatic heterocycles. The SMILES string of the molecule is CC(Nc1ccc(C#N)cc1[N+](=O)[O-])c1ccccc1Cl. The van der Waals surface area contributed by atoms with E-state index in [4.69, 9.17) is 16.9 Å². The van der Waals surface area contributed by atoms with Crippen LogP contribution in [0.4, 0.5) is 11.4 Å². The normalized spacial score (nSPS) is 11.5. The van der Waals surface area contributed by atoms with Gasteiger partial charge in [-0.3, -0.25) is 10.1 Å². The lowest BCUT2D eigenvalue weighted by atomic mass is 10.1. The van der Waals surface area contributed by atoms with Crippen LogP contribution in [-0.4, -0.2) is 4.92 Å². The molecule has 0 aliphatic carbocycles. The van der Waals surface area contributed by atoms with Crippen molar-refractivity contribution in [2.24, 2.45) is 0 Å². The predicted octanol–water partition coefficient (Wildman–Crippen LogP) is 4.29. The molecule has 0 aliphatic rings. The lowest BCUT2D eigenvalue weighted by molar-refractivity contribution is -0.384. The van der Waals surface area contributed by atoms with Crippen molar-refractivity contribution in [3.05, 3.63) is 68.7 Å². The minimum Gasteiger partial charge on any atom is -0.373 e. The van der Waals surface area contributed by atoms with Crippen molar-refractivity contribution in [3.63, 3.8) is 0 Å². The Balaban J connectivity index is 2.34. The standard InChI is InChI=1S/C15H12ClN3O2/c1-10(12-4-2-3-5-13(12)16)18-14-7-6-11(9-17)8-15(14)19(20)21/h2-8,10,18H,1H3. The van der Waals surface area contributed by atoms with Crippen LogP contribution in [0.25, 0.3) is 0 Å². The number of hydrogen-bond donors (Lipinski definition) is 1. The zero-order valence-corrected chi connectivity index (χ0v) is 12.0. The average molecular weight is 302 g/mol. The quantitative estimate of drug-likeness (QED) is 0.674. The van der Waals surface area contributed by atoms with Gasteiger partial charge in [0.1, 0.15) is 5.69 Å². The zero-order valence-electron chi connectivity index (χ0n) is 11.2. The van der Waals surface area contributed by atoms with Gasteiger partial charge < -0.3 is 5.32 Å². The molecule has 1 atom stereocenters. The summed E-state index contributed by atoms with van der Waals surface area (Å²) in [6, 6.07) is 13.3. The summed E-state index contributed by atoms with van der Waals surface area (Å²) < 4.78 is 0. The number of halogens is 1. The molecule has 6 heteroatoms. The van der Waals surface area contributed by atoms with E-state index in [1.807, 2.05) is 31.2 Å². The molecule has 2 rings (SSSR count). The number of nitrogens with zero attached hydrogens (tertiary/aromatic N) is 2. The lowest BCUT2D eigenvalue weighted by Gasteiger charge is -2.17. The average Bonchev–Trinajstić information content (AvgIpc) is 2.47. The van der Waals surface area contributed by atoms with Crippen molar-refractivity contribution in [1.82, 2.24) is 0 Å². The van der Waals surface area contributed by atoms with Crippen molar-refractivity contribution in [2.45, 2.75) is 13.0 Å². The van der Waals surface area contributed by atoms with Crippen LogP contribution in [0, 0.1) is 21.4 Å².